The van der Waals surface area contributed by atoms with Crippen molar-refractivity contribution in [1.82, 2.24) is 9.97 Å². The second-order valence-corrected chi connectivity index (χ2v) is 1.85. The van der Waals surface area contributed by atoms with E-state index in [2.05, 4.69) is 28.4 Å². The zero-order valence-electron chi connectivity index (χ0n) is 5.13. The molecule has 2 heteroatoms. The molecule has 3 radical (unpaired) electrons. The molecule has 0 aliphatic carbocycles. The number of fused-ring (bicyclic) bond motifs is 1. The first-order valence-corrected chi connectivity index (χ1v) is 2.89. The third-order valence-corrected chi connectivity index (χ3v) is 1.21. The van der Waals surface area contributed by atoms with Crippen LogP contribution in [0, 0.1) is 18.5 Å². The first kappa shape index (κ1) is 5.35. The van der Waals surface area contributed by atoms with Crippen LogP contribution in [0.15, 0.2) is 18.2 Å². The summed E-state index contributed by atoms with van der Waals surface area (Å²) in [6.07, 6.45) is 5.05. The molecule has 0 saturated carbocycles. The number of rotatable bonds is 0. The van der Waals surface area contributed by atoms with Crippen molar-refractivity contribution in [2.45, 2.75) is 0 Å². The number of aromatic nitrogens is 2. The van der Waals surface area contributed by atoms with Crippen molar-refractivity contribution < 1.29 is 0 Å². The summed E-state index contributed by atoms with van der Waals surface area (Å²) in [5, 5.41) is 0. The molecule has 45 valence electrons. The van der Waals surface area contributed by atoms with Crippen LogP contribution in [0.2, 0.25) is 0 Å². The minimum Gasteiger partial charge on any atom is -0.242 e. The van der Waals surface area contributed by atoms with Crippen molar-refractivity contribution >= 4 is 11.0 Å². The zero-order valence-corrected chi connectivity index (χ0v) is 5.13. The summed E-state index contributed by atoms with van der Waals surface area (Å²) in [6, 6.07) is 8.45. The number of hydrogen-bond acceptors (Lipinski definition) is 2. The fraction of sp³-hybridized carbons (Fsp3) is 0. The van der Waals surface area contributed by atoms with Crippen LogP contribution in [-0.4, -0.2) is 9.97 Å². The van der Waals surface area contributed by atoms with Crippen molar-refractivity contribution in [1.29, 1.82) is 0 Å². The normalized spacial score (nSPS) is 10.0. The second kappa shape index (κ2) is 2.06. The van der Waals surface area contributed by atoms with E-state index in [4.69, 9.17) is 0 Å². The van der Waals surface area contributed by atoms with Gasteiger partial charge in [-0.15, -0.1) is 0 Å². The monoisotopic (exact) mass is 127 g/mol. The van der Waals surface area contributed by atoms with Gasteiger partial charge in [0, 0.05) is 6.07 Å². The molecular formula is C8H3N2. The predicted molar refractivity (Wildman–Crippen MR) is 36.0 cm³/mol. The fourth-order valence-electron chi connectivity index (χ4n) is 0.765. The van der Waals surface area contributed by atoms with Gasteiger partial charge in [-0.05, 0) is 6.07 Å². The van der Waals surface area contributed by atoms with Crippen LogP contribution in [0.4, 0.5) is 0 Å². The molecule has 0 saturated heterocycles. The molecule has 10 heavy (non-hydrogen) atoms. The zero-order chi connectivity index (χ0) is 6.81. The van der Waals surface area contributed by atoms with Gasteiger partial charge in [-0.2, -0.15) is 0 Å². The number of para-hydroxylation sites is 1. The lowest BCUT2D eigenvalue weighted by molar-refractivity contribution is 1.26. The lowest BCUT2D eigenvalue weighted by atomic mass is 10.3. The molecule has 0 amide bonds. The van der Waals surface area contributed by atoms with Gasteiger partial charge in [0.1, 0.15) is 12.4 Å². The maximum absolute atomic E-state index is 3.91. The fourth-order valence-corrected chi connectivity index (χ4v) is 0.765. The molecule has 0 N–H and O–H groups in total. The predicted octanol–water partition coefficient (Wildman–Crippen LogP) is 1.03. The maximum atomic E-state index is 3.91. The van der Waals surface area contributed by atoms with Crippen molar-refractivity contribution in [2.75, 3.05) is 0 Å². The summed E-state index contributed by atoms with van der Waals surface area (Å²) in [5.74, 6) is 0. The van der Waals surface area contributed by atoms with Crippen LogP contribution in [0.25, 0.3) is 11.0 Å². The van der Waals surface area contributed by atoms with E-state index in [0.717, 1.165) is 11.0 Å². The molecule has 0 unspecified atom stereocenters. The quantitative estimate of drug-likeness (QED) is 0.528. The number of hydrogen-bond donors (Lipinski definition) is 0. The molecule has 2 rings (SSSR count). The molecule has 1 aromatic heterocycles. The highest BCUT2D eigenvalue weighted by atomic mass is 14.8. The summed E-state index contributed by atoms with van der Waals surface area (Å²) >= 11 is 0. The Hall–Kier alpha value is -1.44. The first-order valence-electron chi connectivity index (χ1n) is 2.89. The molecule has 1 aromatic carbocycles. The van der Waals surface area contributed by atoms with Crippen LogP contribution in [0.5, 0.6) is 0 Å². The van der Waals surface area contributed by atoms with Crippen LogP contribution in [-0.2, 0) is 0 Å². The van der Waals surface area contributed by atoms with Crippen molar-refractivity contribution in [3.8, 4) is 0 Å². The van der Waals surface area contributed by atoms with Gasteiger partial charge in [-0.25, -0.2) is 9.97 Å². The Labute approximate surface area is 58.6 Å². The molecule has 0 aliphatic heterocycles. The molecule has 0 atom stereocenters. The topological polar surface area (TPSA) is 25.8 Å². The van der Waals surface area contributed by atoms with Crippen LogP contribution in [0.3, 0.4) is 0 Å². The van der Waals surface area contributed by atoms with E-state index in [1.54, 1.807) is 6.07 Å². The summed E-state index contributed by atoms with van der Waals surface area (Å²) in [7, 11) is 0. The van der Waals surface area contributed by atoms with Gasteiger partial charge in [0.05, 0.1) is 11.0 Å². The molecule has 2 nitrogen and oxygen atoms in total. The minimum absolute atomic E-state index is 0.737. The summed E-state index contributed by atoms with van der Waals surface area (Å²) in [6.45, 7) is 0. The van der Waals surface area contributed by atoms with E-state index in [1.165, 1.54) is 0 Å². The Kier molecular flexibility index (Phi) is 1.10. The van der Waals surface area contributed by atoms with Crippen LogP contribution in [0.1, 0.15) is 0 Å². The van der Waals surface area contributed by atoms with Gasteiger partial charge in [0.15, 0.2) is 0 Å². The van der Waals surface area contributed by atoms with Gasteiger partial charge < -0.3 is 0 Å². The van der Waals surface area contributed by atoms with Gasteiger partial charge in [-0.3, -0.25) is 0 Å². The Bertz CT molecular complexity index is 278. The van der Waals surface area contributed by atoms with Crippen LogP contribution >= 0.6 is 0 Å². The molecule has 0 fully saturated rings. The highest BCUT2D eigenvalue weighted by Crippen LogP contribution is 2.03. The number of benzene rings is 1. The average Bonchev–Trinajstić information content (AvgIpc) is 2.05. The van der Waals surface area contributed by atoms with Crippen molar-refractivity contribution in [2.24, 2.45) is 0 Å². The van der Waals surface area contributed by atoms with E-state index in [-0.39, 0.29) is 0 Å². The molecule has 0 spiro atoms. The largest absolute Gasteiger partial charge is 0.242 e. The molecular weight excluding hydrogens is 124 g/mol. The highest BCUT2D eigenvalue weighted by molar-refractivity contribution is 5.72. The van der Waals surface area contributed by atoms with E-state index in [0.29, 0.717) is 0 Å². The second-order valence-electron chi connectivity index (χ2n) is 1.85. The van der Waals surface area contributed by atoms with E-state index < -0.39 is 0 Å². The third-order valence-electron chi connectivity index (χ3n) is 1.21. The summed E-state index contributed by atoms with van der Waals surface area (Å²) < 4.78 is 0. The van der Waals surface area contributed by atoms with Gasteiger partial charge in [-0.1, -0.05) is 12.1 Å². The molecule has 0 aliphatic rings. The highest BCUT2D eigenvalue weighted by Gasteiger charge is 1.89. The van der Waals surface area contributed by atoms with E-state index in [9.17, 15) is 0 Å². The number of nitrogens with zero attached hydrogens (tertiary/aromatic N) is 2. The van der Waals surface area contributed by atoms with Crippen molar-refractivity contribution in [3.05, 3.63) is 36.7 Å². The molecule has 2 aromatic rings. The van der Waals surface area contributed by atoms with Gasteiger partial charge in [0.2, 0.25) is 0 Å². The minimum atomic E-state index is 0.737. The Balaban J connectivity index is 2.89. The smallest absolute Gasteiger partial charge is 0.120 e. The molecule has 0 bridgehead atoms. The first-order chi connectivity index (χ1) is 4.97. The van der Waals surface area contributed by atoms with E-state index in [1.807, 2.05) is 12.1 Å². The van der Waals surface area contributed by atoms with Gasteiger partial charge >= 0.3 is 0 Å². The lowest BCUT2D eigenvalue weighted by Crippen LogP contribution is -1.80. The lowest BCUT2D eigenvalue weighted by Gasteiger charge is -1.88. The summed E-state index contributed by atoms with van der Waals surface area (Å²) in [4.78, 5) is 7.79. The van der Waals surface area contributed by atoms with Gasteiger partial charge in [0.25, 0.3) is 0 Å². The average molecular weight is 127 g/mol. The standard InChI is InChI=1S/C8H3N2/c1-2-4-8-7(3-1)9-5-6-10-8/h1-3H. The Morgan fingerprint density at radius 1 is 1.20 bits per heavy atom. The Morgan fingerprint density at radius 3 is 3.00 bits per heavy atom. The third kappa shape index (κ3) is 0.739. The molecule has 1 heterocycles. The van der Waals surface area contributed by atoms with E-state index >= 15 is 0 Å². The Morgan fingerprint density at radius 2 is 2.10 bits per heavy atom. The van der Waals surface area contributed by atoms with Crippen LogP contribution < -0.4 is 0 Å². The summed E-state index contributed by atoms with van der Waals surface area (Å²) in [5.41, 5.74) is 1.54. The van der Waals surface area contributed by atoms with Crippen molar-refractivity contribution in [3.63, 3.8) is 0 Å². The SMILES string of the molecule is [c]1[c]nc2ccc[c]c2n1. The maximum Gasteiger partial charge on any atom is 0.120 e.